The number of rotatable bonds is 19. The lowest BCUT2D eigenvalue weighted by molar-refractivity contribution is -0.140. The van der Waals surface area contributed by atoms with Gasteiger partial charge in [-0.3, -0.25) is 53.2 Å². The van der Waals surface area contributed by atoms with Gasteiger partial charge in [0.15, 0.2) is 5.78 Å². The number of hydrogen-bond donors (Lipinski definition) is 8. The molecule has 56 heavy (non-hydrogen) atoms. The Morgan fingerprint density at radius 2 is 1.21 bits per heavy atom. The summed E-state index contributed by atoms with van der Waals surface area (Å²) in [6.07, 6.45) is 1.67. The molecule has 0 spiro atoms. The molecule has 2 aliphatic rings. The molecule has 0 radical (unpaired) electrons. The van der Waals surface area contributed by atoms with Crippen LogP contribution in [-0.2, 0) is 28.8 Å². The number of carbonyl (C=O) groups excluding carboxylic acids is 4. The molecule has 0 aliphatic carbocycles. The Hall–Kier alpha value is -4.67. The SMILES string of the molecule is C[C@@H](NC(=O)c1ccc(NCC(=O)CCCNC(=O)CN2CCN(CC(=O)O)CCN(CC(=O)O)CCN(CC(=O)O)CC2)cc1)C(=O)N1CCC[C@H]1B(O)O. The smallest absolute Gasteiger partial charge is 0.475 e. The number of nitrogens with zero attached hydrogens (tertiary/aromatic N) is 5. The minimum absolute atomic E-state index is 0.0142. The molecule has 2 atom stereocenters. The van der Waals surface area contributed by atoms with Crippen LogP contribution in [0.15, 0.2) is 24.3 Å². The minimum atomic E-state index is -1.65. The lowest BCUT2D eigenvalue weighted by Crippen LogP contribution is -2.52. The van der Waals surface area contributed by atoms with Crippen LogP contribution >= 0.6 is 0 Å². The largest absolute Gasteiger partial charge is 0.480 e. The lowest BCUT2D eigenvalue weighted by Gasteiger charge is -2.32. The molecule has 310 valence electrons. The van der Waals surface area contributed by atoms with Crippen LogP contribution in [0, 0.1) is 0 Å². The maximum absolute atomic E-state index is 12.9. The molecule has 2 aliphatic heterocycles. The first kappa shape index (κ1) is 45.7. The molecule has 8 N–H and O–H groups in total. The van der Waals surface area contributed by atoms with Gasteiger partial charge in [0.2, 0.25) is 11.8 Å². The third kappa shape index (κ3) is 16.6. The number of aliphatic carboxylic acids is 3. The van der Waals surface area contributed by atoms with Crippen molar-refractivity contribution in [2.45, 2.75) is 44.6 Å². The quantitative estimate of drug-likeness (QED) is 0.0518. The summed E-state index contributed by atoms with van der Waals surface area (Å²) in [5.74, 6) is -5.13. The number of hydrogen-bond acceptors (Lipinski definition) is 14. The van der Waals surface area contributed by atoms with Gasteiger partial charge in [-0.25, -0.2) is 0 Å². The molecule has 1 aromatic rings. The molecular weight excluding hydrogens is 735 g/mol. The fourth-order valence-corrected chi connectivity index (χ4v) is 6.55. The van der Waals surface area contributed by atoms with E-state index >= 15 is 0 Å². The minimum Gasteiger partial charge on any atom is -0.480 e. The van der Waals surface area contributed by atoms with Crippen molar-refractivity contribution in [1.29, 1.82) is 0 Å². The second-order valence-electron chi connectivity index (χ2n) is 14.1. The van der Waals surface area contributed by atoms with E-state index in [1.165, 1.54) is 11.8 Å². The van der Waals surface area contributed by atoms with Gasteiger partial charge in [0.25, 0.3) is 5.91 Å². The first-order chi connectivity index (χ1) is 26.6. The van der Waals surface area contributed by atoms with E-state index in [1.54, 1.807) is 39.0 Å². The molecule has 3 amide bonds. The number of carboxylic acids is 3. The molecule has 3 rings (SSSR count). The molecule has 20 nitrogen and oxygen atoms in total. The van der Waals surface area contributed by atoms with Crippen molar-refractivity contribution < 1.29 is 58.9 Å². The van der Waals surface area contributed by atoms with Gasteiger partial charge >= 0.3 is 25.0 Å². The van der Waals surface area contributed by atoms with Gasteiger partial charge in [-0.15, -0.1) is 0 Å². The van der Waals surface area contributed by atoms with Crippen LogP contribution in [-0.4, -0.2) is 209 Å². The zero-order chi connectivity index (χ0) is 41.2. The Morgan fingerprint density at radius 1 is 0.732 bits per heavy atom. The Kier molecular flexibility index (Phi) is 19.1. The van der Waals surface area contributed by atoms with Crippen molar-refractivity contribution in [2.24, 2.45) is 0 Å². The van der Waals surface area contributed by atoms with Gasteiger partial charge in [0.1, 0.15) is 6.04 Å². The van der Waals surface area contributed by atoms with Gasteiger partial charge in [-0.1, -0.05) is 0 Å². The number of carboxylic acid groups (broad SMARTS) is 3. The summed E-state index contributed by atoms with van der Waals surface area (Å²) in [6, 6.07) is 5.47. The summed E-state index contributed by atoms with van der Waals surface area (Å²) in [6.45, 7) is 3.61. The number of ketones is 1. The third-order valence-corrected chi connectivity index (χ3v) is 9.61. The standard InChI is InChI=1S/C35H55BN8O12/c1-25(35(54)44-11-3-5-29(44)36(55)56)39-34(53)26-6-8-27(9-7-26)38-20-28(45)4-2-10-37-30(46)21-40-12-14-41(22-31(47)48)16-18-43(24-33(51)52)19-17-42(15-13-40)23-32(49)50/h6-9,25,29,38,55-56H,2-5,10-24H2,1H3,(H,37,46)(H,39,53)(H,47,48)(H,49,50)(H,51,52)/t25-,29+/m1/s1. The summed E-state index contributed by atoms with van der Waals surface area (Å²) in [4.78, 5) is 93.5. The van der Waals surface area contributed by atoms with Gasteiger partial charge in [0.05, 0.1) is 38.7 Å². The maximum Gasteiger partial charge on any atom is 0.475 e. The van der Waals surface area contributed by atoms with Gasteiger partial charge in [0, 0.05) is 83.1 Å². The average Bonchev–Trinajstić information content (AvgIpc) is 3.63. The first-order valence-electron chi connectivity index (χ1n) is 18.8. The lowest BCUT2D eigenvalue weighted by atomic mass is 9.78. The topological polar surface area (TPSA) is 273 Å². The number of likely N-dealkylation sites (tertiary alicyclic amines) is 1. The van der Waals surface area contributed by atoms with Crippen LogP contribution in [0.25, 0.3) is 0 Å². The average molecular weight is 791 g/mol. The zero-order valence-corrected chi connectivity index (χ0v) is 31.8. The monoisotopic (exact) mass is 790 g/mol. The van der Waals surface area contributed by atoms with E-state index in [0.29, 0.717) is 50.1 Å². The van der Waals surface area contributed by atoms with Crippen molar-refractivity contribution >= 4 is 54.2 Å². The zero-order valence-electron chi connectivity index (χ0n) is 31.8. The molecule has 0 saturated carbocycles. The van der Waals surface area contributed by atoms with E-state index in [4.69, 9.17) is 0 Å². The summed E-state index contributed by atoms with van der Waals surface area (Å²) in [5.41, 5.74) is 0.890. The predicted octanol–water partition coefficient (Wildman–Crippen LogP) is -2.84. The number of amides is 3. The van der Waals surface area contributed by atoms with Crippen LogP contribution in [0.5, 0.6) is 0 Å². The molecule has 0 bridgehead atoms. The fraction of sp³-hybridized carbons (Fsp3) is 0.629. The van der Waals surface area contributed by atoms with Crippen molar-refractivity contribution in [3.8, 4) is 0 Å². The van der Waals surface area contributed by atoms with E-state index in [-0.39, 0.29) is 96.6 Å². The molecule has 0 aromatic heterocycles. The maximum atomic E-state index is 12.9. The Labute approximate surface area is 325 Å². The van der Waals surface area contributed by atoms with Crippen LogP contribution < -0.4 is 16.0 Å². The molecule has 1 aromatic carbocycles. The fourth-order valence-electron chi connectivity index (χ4n) is 6.55. The highest BCUT2D eigenvalue weighted by Crippen LogP contribution is 2.19. The highest BCUT2D eigenvalue weighted by molar-refractivity contribution is 6.43. The Balaban J connectivity index is 1.42. The van der Waals surface area contributed by atoms with Gasteiger partial charge < -0.3 is 46.2 Å². The predicted molar refractivity (Wildman–Crippen MR) is 203 cm³/mol. The second kappa shape index (κ2) is 23.4. The molecule has 2 heterocycles. The molecular formula is C35H55BN8O12. The van der Waals surface area contributed by atoms with Gasteiger partial charge in [-0.2, -0.15) is 0 Å². The van der Waals surface area contributed by atoms with E-state index in [2.05, 4.69) is 16.0 Å². The van der Waals surface area contributed by atoms with Crippen LogP contribution in [0.2, 0.25) is 0 Å². The molecule has 2 fully saturated rings. The summed E-state index contributed by atoms with van der Waals surface area (Å²) < 4.78 is 0. The number of Topliss-reactive ketones (excluding diaryl/α,β-unsaturated/α-hetero) is 1. The highest BCUT2D eigenvalue weighted by Gasteiger charge is 2.38. The van der Waals surface area contributed by atoms with E-state index < -0.39 is 48.8 Å². The normalized spacial score (nSPS) is 18.6. The molecule has 21 heteroatoms. The Morgan fingerprint density at radius 3 is 1.68 bits per heavy atom. The van der Waals surface area contributed by atoms with Crippen molar-refractivity contribution in [2.75, 3.05) is 103 Å². The number of anilines is 1. The Bertz CT molecular complexity index is 1470. The van der Waals surface area contributed by atoms with Crippen molar-refractivity contribution in [3.63, 3.8) is 0 Å². The van der Waals surface area contributed by atoms with E-state index in [0.717, 1.165) is 0 Å². The van der Waals surface area contributed by atoms with E-state index in [1.807, 2.05) is 4.90 Å². The summed E-state index contributed by atoms with van der Waals surface area (Å²) in [7, 11) is -1.65. The second-order valence-corrected chi connectivity index (χ2v) is 14.1. The van der Waals surface area contributed by atoms with Crippen LogP contribution in [0.4, 0.5) is 5.69 Å². The summed E-state index contributed by atoms with van der Waals surface area (Å²) >= 11 is 0. The van der Waals surface area contributed by atoms with Crippen LogP contribution in [0.1, 0.15) is 43.0 Å². The first-order valence-corrected chi connectivity index (χ1v) is 18.8. The highest BCUT2D eigenvalue weighted by atomic mass is 16.4. The van der Waals surface area contributed by atoms with E-state index in [9.17, 15) is 58.9 Å². The van der Waals surface area contributed by atoms with Crippen LogP contribution in [0.3, 0.4) is 0 Å². The number of benzene rings is 1. The number of nitrogens with one attached hydrogen (secondary N) is 3. The molecule has 2 saturated heterocycles. The third-order valence-electron chi connectivity index (χ3n) is 9.61. The summed E-state index contributed by atoms with van der Waals surface area (Å²) in [5, 5.41) is 55.6. The van der Waals surface area contributed by atoms with Crippen molar-refractivity contribution in [1.82, 2.24) is 35.1 Å². The van der Waals surface area contributed by atoms with Crippen molar-refractivity contribution in [3.05, 3.63) is 29.8 Å². The molecule has 0 unspecified atom stereocenters. The van der Waals surface area contributed by atoms with Gasteiger partial charge in [-0.05, 0) is 50.5 Å². The number of carbonyl (C=O) groups is 7.